The molecule has 0 spiro atoms. The molecule has 1 saturated heterocycles. The molecule has 126 valence electrons. The minimum atomic E-state index is -0.0367. The van der Waals surface area contributed by atoms with E-state index in [9.17, 15) is 4.79 Å². The van der Waals surface area contributed by atoms with Crippen molar-refractivity contribution in [2.75, 3.05) is 18.8 Å². The zero-order chi connectivity index (χ0) is 16.1. The predicted molar refractivity (Wildman–Crippen MR) is 92.0 cm³/mol. The molecule has 1 aromatic heterocycles. The molecule has 2 heterocycles. The normalized spacial score (nSPS) is 22.3. The third kappa shape index (κ3) is 4.98. The van der Waals surface area contributed by atoms with Crippen LogP contribution in [0, 0.1) is 0 Å². The highest BCUT2D eigenvalue weighted by molar-refractivity contribution is 8.00. The first kappa shape index (κ1) is 16.8. The molecule has 1 aliphatic carbocycles. The van der Waals surface area contributed by atoms with Crippen molar-refractivity contribution in [3.63, 3.8) is 0 Å². The van der Waals surface area contributed by atoms with E-state index in [1.54, 1.807) is 0 Å². The summed E-state index contributed by atoms with van der Waals surface area (Å²) >= 11 is 7.59. The number of nitrogens with zero attached hydrogens (tertiary/aromatic N) is 3. The average Bonchev–Trinajstić information content (AvgIpc) is 3.08. The number of carbonyl (C=O) groups is 1. The van der Waals surface area contributed by atoms with Crippen LogP contribution in [0.15, 0.2) is 12.4 Å². The quantitative estimate of drug-likeness (QED) is 0.812. The lowest BCUT2D eigenvalue weighted by molar-refractivity contribution is -0.131. The summed E-state index contributed by atoms with van der Waals surface area (Å²) in [6.07, 6.45) is 10.0. The van der Waals surface area contributed by atoms with Gasteiger partial charge < -0.3 is 9.64 Å². The molecule has 1 unspecified atom stereocenters. The summed E-state index contributed by atoms with van der Waals surface area (Å²) in [4.78, 5) is 22.4. The van der Waals surface area contributed by atoms with Gasteiger partial charge in [0.05, 0.1) is 29.7 Å². The number of amides is 1. The highest BCUT2D eigenvalue weighted by Crippen LogP contribution is 2.29. The molecule has 0 aromatic carbocycles. The van der Waals surface area contributed by atoms with Gasteiger partial charge >= 0.3 is 6.01 Å². The fourth-order valence-electron chi connectivity index (χ4n) is 3.11. The van der Waals surface area contributed by atoms with Crippen LogP contribution in [0.4, 0.5) is 0 Å². The van der Waals surface area contributed by atoms with Crippen LogP contribution in [-0.4, -0.2) is 51.0 Å². The number of rotatable bonds is 5. The largest absolute Gasteiger partial charge is 0.458 e. The Balaban J connectivity index is 1.46. The number of likely N-dealkylation sites (tertiary alicyclic amines) is 1. The van der Waals surface area contributed by atoms with E-state index in [1.807, 2.05) is 16.7 Å². The maximum atomic E-state index is 12.4. The summed E-state index contributed by atoms with van der Waals surface area (Å²) in [5, 5.41) is 1.17. The monoisotopic (exact) mass is 355 g/mol. The minimum absolute atomic E-state index is 0.0367. The number of aromatic nitrogens is 2. The number of thioether (sulfide) groups is 1. The smallest absolute Gasteiger partial charge is 0.316 e. The van der Waals surface area contributed by atoms with E-state index in [4.69, 9.17) is 16.3 Å². The zero-order valence-electron chi connectivity index (χ0n) is 13.1. The lowest BCUT2D eigenvalue weighted by Crippen LogP contribution is -2.45. The molecule has 1 aromatic rings. The number of carbonyl (C=O) groups excluding carboxylic acids is 1. The third-order valence-electron chi connectivity index (χ3n) is 4.34. The van der Waals surface area contributed by atoms with Crippen LogP contribution in [0.5, 0.6) is 6.01 Å². The molecule has 1 atom stereocenters. The SMILES string of the molecule is O=C(CSC1CCCC1)N1CCCC(Oc2ncc(Cl)cn2)C1. The first-order valence-corrected chi connectivity index (χ1v) is 9.67. The third-order valence-corrected chi connectivity index (χ3v) is 5.90. The number of hydrogen-bond acceptors (Lipinski definition) is 5. The van der Waals surface area contributed by atoms with Crippen LogP contribution in [0.3, 0.4) is 0 Å². The van der Waals surface area contributed by atoms with Gasteiger partial charge in [0, 0.05) is 11.8 Å². The van der Waals surface area contributed by atoms with Crippen molar-refractivity contribution in [2.45, 2.75) is 49.9 Å². The molecular formula is C16H22ClN3O2S. The molecule has 23 heavy (non-hydrogen) atoms. The van der Waals surface area contributed by atoms with E-state index in [1.165, 1.54) is 38.1 Å². The van der Waals surface area contributed by atoms with Gasteiger partial charge in [-0.25, -0.2) is 9.97 Å². The summed E-state index contributed by atoms with van der Waals surface area (Å²) in [7, 11) is 0. The Hall–Kier alpha value is -1.01. The van der Waals surface area contributed by atoms with Crippen molar-refractivity contribution < 1.29 is 9.53 Å². The fraction of sp³-hybridized carbons (Fsp3) is 0.688. The van der Waals surface area contributed by atoms with Crippen molar-refractivity contribution in [1.82, 2.24) is 14.9 Å². The van der Waals surface area contributed by atoms with Crippen LogP contribution in [0.1, 0.15) is 38.5 Å². The second kappa shape index (κ2) is 8.20. The van der Waals surface area contributed by atoms with Gasteiger partial charge in [0.15, 0.2) is 0 Å². The van der Waals surface area contributed by atoms with E-state index in [0.29, 0.717) is 28.6 Å². The van der Waals surface area contributed by atoms with Crippen LogP contribution in [-0.2, 0) is 4.79 Å². The van der Waals surface area contributed by atoms with E-state index in [-0.39, 0.29) is 12.0 Å². The van der Waals surface area contributed by atoms with Crippen LogP contribution in [0.2, 0.25) is 5.02 Å². The number of ether oxygens (including phenoxy) is 1. The molecule has 1 saturated carbocycles. The van der Waals surface area contributed by atoms with E-state index >= 15 is 0 Å². The van der Waals surface area contributed by atoms with Gasteiger partial charge in [-0.3, -0.25) is 4.79 Å². The second-order valence-corrected chi connectivity index (χ2v) is 7.85. The Kier molecular flexibility index (Phi) is 6.00. The number of halogens is 1. The highest BCUT2D eigenvalue weighted by Gasteiger charge is 2.26. The summed E-state index contributed by atoms with van der Waals surface area (Å²) in [6.45, 7) is 1.45. The molecule has 0 N–H and O–H groups in total. The summed E-state index contributed by atoms with van der Waals surface area (Å²) in [5.74, 6) is 0.821. The van der Waals surface area contributed by atoms with Crippen molar-refractivity contribution in [2.24, 2.45) is 0 Å². The molecule has 0 radical (unpaired) electrons. The van der Waals surface area contributed by atoms with Gasteiger partial charge in [-0.05, 0) is 25.7 Å². The Morgan fingerprint density at radius 1 is 1.26 bits per heavy atom. The second-order valence-electron chi connectivity index (χ2n) is 6.12. The molecule has 1 amide bonds. The van der Waals surface area contributed by atoms with E-state index < -0.39 is 0 Å². The summed E-state index contributed by atoms with van der Waals surface area (Å²) in [6, 6.07) is 0.328. The fourth-order valence-corrected chi connectivity index (χ4v) is 4.43. The number of hydrogen-bond donors (Lipinski definition) is 0. The van der Waals surface area contributed by atoms with Gasteiger partial charge in [0.2, 0.25) is 5.91 Å². The Labute approximate surface area is 146 Å². The standard InChI is InChI=1S/C16H22ClN3O2S/c17-12-8-18-16(19-9-12)22-13-4-3-7-20(10-13)15(21)11-23-14-5-1-2-6-14/h8-9,13-14H,1-7,10-11H2. The maximum Gasteiger partial charge on any atom is 0.316 e. The molecule has 3 rings (SSSR count). The maximum absolute atomic E-state index is 12.4. The van der Waals surface area contributed by atoms with E-state index in [0.717, 1.165) is 19.4 Å². The lowest BCUT2D eigenvalue weighted by Gasteiger charge is -2.32. The van der Waals surface area contributed by atoms with Gasteiger partial charge in [-0.1, -0.05) is 24.4 Å². The first-order valence-electron chi connectivity index (χ1n) is 8.24. The number of piperidine rings is 1. The first-order chi connectivity index (χ1) is 11.2. The van der Waals surface area contributed by atoms with Crippen molar-refractivity contribution in [3.05, 3.63) is 17.4 Å². The average molecular weight is 356 g/mol. The molecule has 5 nitrogen and oxygen atoms in total. The van der Waals surface area contributed by atoms with Crippen LogP contribution >= 0.6 is 23.4 Å². The van der Waals surface area contributed by atoms with Crippen LogP contribution in [0.25, 0.3) is 0 Å². The van der Waals surface area contributed by atoms with Gasteiger partial charge in [-0.15, -0.1) is 11.8 Å². The highest BCUT2D eigenvalue weighted by atomic mass is 35.5. The topological polar surface area (TPSA) is 55.3 Å². The minimum Gasteiger partial charge on any atom is -0.458 e. The van der Waals surface area contributed by atoms with Gasteiger partial charge in [0.25, 0.3) is 0 Å². The molecule has 2 aliphatic rings. The van der Waals surface area contributed by atoms with Crippen molar-refractivity contribution in [3.8, 4) is 6.01 Å². The van der Waals surface area contributed by atoms with E-state index in [2.05, 4.69) is 9.97 Å². The predicted octanol–water partition coefficient (Wildman–Crippen LogP) is 3.18. The Morgan fingerprint density at radius 2 is 2.00 bits per heavy atom. The Bertz CT molecular complexity index is 523. The van der Waals surface area contributed by atoms with Gasteiger partial charge in [-0.2, -0.15) is 0 Å². The molecule has 2 fully saturated rings. The molecule has 1 aliphatic heterocycles. The molecular weight excluding hydrogens is 334 g/mol. The zero-order valence-corrected chi connectivity index (χ0v) is 14.7. The lowest BCUT2D eigenvalue weighted by atomic mass is 10.1. The van der Waals surface area contributed by atoms with Crippen molar-refractivity contribution in [1.29, 1.82) is 0 Å². The van der Waals surface area contributed by atoms with Crippen LogP contribution < -0.4 is 4.74 Å². The Morgan fingerprint density at radius 3 is 2.74 bits per heavy atom. The molecule has 7 heteroatoms. The summed E-state index contributed by atoms with van der Waals surface area (Å²) < 4.78 is 5.79. The van der Waals surface area contributed by atoms with Gasteiger partial charge in [0.1, 0.15) is 6.10 Å². The van der Waals surface area contributed by atoms with Crippen molar-refractivity contribution >= 4 is 29.3 Å². The molecule has 0 bridgehead atoms. The summed E-state index contributed by atoms with van der Waals surface area (Å²) in [5.41, 5.74) is 0.